The Balaban J connectivity index is 1.98. The van der Waals surface area contributed by atoms with E-state index in [4.69, 9.17) is 10.5 Å². The molecule has 0 aliphatic rings. The monoisotopic (exact) mass is 276 g/mol. The van der Waals surface area contributed by atoms with Crippen LogP contribution in [0.3, 0.4) is 0 Å². The average Bonchev–Trinajstić information content (AvgIpc) is 3.00. The van der Waals surface area contributed by atoms with Crippen LogP contribution in [0, 0.1) is 0 Å². The maximum absolute atomic E-state index is 5.55. The van der Waals surface area contributed by atoms with E-state index in [9.17, 15) is 0 Å². The lowest BCUT2D eigenvalue weighted by Crippen LogP contribution is -2.25. The summed E-state index contributed by atoms with van der Waals surface area (Å²) in [4.78, 5) is 0. The van der Waals surface area contributed by atoms with Crippen LogP contribution in [0.1, 0.15) is 12.8 Å². The smallest absolute Gasteiger partial charge is 0.143 e. The number of nitrogens with two attached hydrogens (primary N) is 1. The van der Waals surface area contributed by atoms with E-state index < -0.39 is 0 Å². The van der Waals surface area contributed by atoms with E-state index >= 15 is 0 Å². The topological polar surface area (TPSA) is 90.9 Å². The maximum atomic E-state index is 5.55. The summed E-state index contributed by atoms with van der Waals surface area (Å²) < 4.78 is 6.84. The van der Waals surface area contributed by atoms with Crippen LogP contribution in [-0.4, -0.2) is 46.5 Å². The highest BCUT2D eigenvalue weighted by atomic mass is 16.5. The lowest BCUT2D eigenvalue weighted by Gasteiger charge is -2.19. The number of methoxy groups -OCH3 is 1. The zero-order chi connectivity index (χ0) is 14.2. The summed E-state index contributed by atoms with van der Waals surface area (Å²) in [6.07, 6.45) is 3.53. The molecule has 0 aliphatic heterocycles. The molecule has 0 aliphatic carbocycles. The van der Waals surface area contributed by atoms with Gasteiger partial charge in [-0.1, -0.05) is 0 Å². The fourth-order valence-corrected chi connectivity index (χ4v) is 1.99. The Kier molecular flexibility index (Phi) is 5.45. The predicted molar refractivity (Wildman–Crippen MR) is 76.7 cm³/mol. The van der Waals surface area contributed by atoms with Gasteiger partial charge in [0, 0.05) is 18.8 Å². The molecule has 2 aromatic rings. The van der Waals surface area contributed by atoms with Gasteiger partial charge in [-0.15, -0.1) is 5.10 Å². The first-order chi connectivity index (χ1) is 9.83. The second kappa shape index (κ2) is 7.56. The highest BCUT2D eigenvalue weighted by Gasteiger charge is 2.08. The van der Waals surface area contributed by atoms with Gasteiger partial charge in [-0.2, -0.15) is 0 Å². The Bertz CT molecular complexity index is 484. The van der Waals surface area contributed by atoms with Crippen molar-refractivity contribution in [3.63, 3.8) is 0 Å². The van der Waals surface area contributed by atoms with Crippen LogP contribution in [0.25, 0.3) is 5.69 Å². The van der Waals surface area contributed by atoms with Gasteiger partial charge in [-0.05, 0) is 54.1 Å². The van der Waals surface area contributed by atoms with Crippen LogP contribution in [0.4, 0.5) is 5.69 Å². The van der Waals surface area contributed by atoms with E-state index in [0.29, 0.717) is 13.2 Å². The van der Waals surface area contributed by atoms with Crippen molar-refractivity contribution in [1.82, 2.24) is 20.2 Å². The number of aromatic nitrogens is 4. The molecule has 7 nitrogen and oxygen atoms in total. The Labute approximate surface area is 118 Å². The molecule has 3 N–H and O–H groups in total. The van der Waals surface area contributed by atoms with Gasteiger partial charge in [0.05, 0.1) is 12.3 Å². The molecule has 1 heterocycles. The Morgan fingerprint density at radius 1 is 1.35 bits per heavy atom. The minimum absolute atomic E-state index is 0.266. The molecule has 1 atom stereocenters. The Hall–Kier alpha value is -1.99. The van der Waals surface area contributed by atoms with Crippen molar-refractivity contribution in [3.8, 4) is 5.69 Å². The van der Waals surface area contributed by atoms with Crippen LogP contribution in [0.2, 0.25) is 0 Å². The van der Waals surface area contributed by atoms with Gasteiger partial charge in [-0.3, -0.25) is 0 Å². The first-order valence-electron chi connectivity index (χ1n) is 6.62. The maximum Gasteiger partial charge on any atom is 0.143 e. The van der Waals surface area contributed by atoms with E-state index in [1.54, 1.807) is 18.1 Å². The molecule has 0 amide bonds. The highest BCUT2D eigenvalue weighted by molar-refractivity contribution is 5.48. The Morgan fingerprint density at radius 3 is 2.75 bits per heavy atom. The van der Waals surface area contributed by atoms with Crippen molar-refractivity contribution in [2.75, 3.05) is 25.6 Å². The van der Waals surface area contributed by atoms with Gasteiger partial charge in [0.15, 0.2) is 0 Å². The SMILES string of the molecule is COCC(CCCN)Nc1ccc(-n2cnnn2)cc1. The van der Waals surface area contributed by atoms with Gasteiger partial charge in [0.25, 0.3) is 0 Å². The van der Waals surface area contributed by atoms with Crippen LogP contribution in [0.15, 0.2) is 30.6 Å². The zero-order valence-corrected chi connectivity index (χ0v) is 11.6. The molecule has 0 spiro atoms. The number of nitrogens with zero attached hydrogens (tertiary/aromatic N) is 4. The molecule has 0 fully saturated rings. The number of anilines is 1. The molecule has 108 valence electrons. The fourth-order valence-electron chi connectivity index (χ4n) is 1.99. The average molecular weight is 276 g/mol. The molecular formula is C13H20N6O. The van der Waals surface area contributed by atoms with Crippen LogP contribution >= 0.6 is 0 Å². The summed E-state index contributed by atoms with van der Waals surface area (Å²) in [5.41, 5.74) is 7.51. The summed E-state index contributed by atoms with van der Waals surface area (Å²) in [6.45, 7) is 1.36. The van der Waals surface area contributed by atoms with Crippen molar-refractivity contribution < 1.29 is 4.74 Å². The minimum Gasteiger partial charge on any atom is -0.383 e. The largest absolute Gasteiger partial charge is 0.383 e. The molecular weight excluding hydrogens is 256 g/mol. The van der Waals surface area contributed by atoms with E-state index in [-0.39, 0.29) is 6.04 Å². The van der Waals surface area contributed by atoms with Crippen molar-refractivity contribution in [2.24, 2.45) is 5.73 Å². The van der Waals surface area contributed by atoms with E-state index in [1.165, 1.54) is 0 Å². The second-order valence-electron chi connectivity index (χ2n) is 4.53. The number of ether oxygens (including phenoxy) is 1. The first-order valence-corrected chi connectivity index (χ1v) is 6.62. The van der Waals surface area contributed by atoms with Crippen molar-refractivity contribution in [1.29, 1.82) is 0 Å². The lowest BCUT2D eigenvalue weighted by atomic mass is 10.1. The molecule has 1 aromatic heterocycles. The standard InChI is InChI=1S/C13H20N6O/c1-20-9-12(3-2-8-14)16-11-4-6-13(7-5-11)19-10-15-17-18-19/h4-7,10,12,16H,2-3,8-9,14H2,1H3. The number of rotatable bonds is 8. The number of benzene rings is 1. The summed E-state index contributed by atoms with van der Waals surface area (Å²) in [7, 11) is 1.71. The molecule has 0 bridgehead atoms. The van der Waals surface area contributed by atoms with E-state index in [1.807, 2.05) is 24.3 Å². The number of nitrogens with one attached hydrogen (secondary N) is 1. The second-order valence-corrected chi connectivity index (χ2v) is 4.53. The molecule has 1 aromatic carbocycles. The van der Waals surface area contributed by atoms with Gasteiger partial charge in [0.2, 0.25) is 0 Å². The quantitative estimate of drug-likeness (QED) is 0.742. The van der Waals surface area contributed by atoms with Gasteiger partial charge >= 0.3 is 0 Å². The zero-order valence-electron chi connectivity index (χ0n) is 11.6. The molecule has 7 heteroatoms. The third-order valence-corrected chi connectivity index (χ3v) is 2.98. The van der Waals surface area contributed by atoms with Crippen molar-refractivity contribution >= 4 is 5.69 Å². The van der Waals surface area contributed by atoms with Crippen molar-refractivity contribution in [3.05, 3.63) is 30.6 Å². The normalized spacial score (nSPS) is 12.3. The Morgan fingerprint density at radius 2 is 2.15 bits per heavy atom. The first kappa shape index (κ1) is 14.4. The van der Waals surface area contributed by atoms with Gasteiger partial charge in [0.1, 0.15) is 6.33 Å². The molecule has 20 heavy (non-hydrogen) atoms. The predicted octanol–water partition coefficient (Wildman–Crippen LogP) is 0.828. The molecule has 0 saturated heterocycles. The number of tetrazole rings is 1. The van der Waals surface area contributed by atoms with Crippen molar-refractivity contribution in [2.45, 2.75) is 18.9 Å². The van der Waals surface area contributed by atoms with E-state index in [2.05, 4.69) is 20.8 Å². The lowest BCUT2D eigenvalue weighted by molar-refractivity contribution is 0.182. The third-order valence-electron chi connectivity index (χ3n) is 2.98. The molecule has 0 radical (unpaired) electrons. The summed E-state index contributed by atoms with van der Waals surface area (Å²) in [5.74, 6) is 0. The number of hydrogen-bond donors (Lipinski definition) is 2. The fraction of sp³-hybridized carbons (Fsp3) is 0.462. The summed E-state index contributed by atoms with van der Waals surface area (Å²) in [6, 6.07) is 8.20. The highest BCUT2D eigenvalue weighted by Crippen LogP contribution is 2.14. The van der Waals surface area contributed by atoms with E-state index in [0.717, 1.165) is 24.2 Å². The van der Waals surface area contributed by atoms with Crippen LogP contribution < -0.4 is 11.1 Å². The molecule has 2 rings (SSSR count). The van der Waals surface area contributed by atoms with Crippen LogP contribution in [-0.2, 0) is 4.74 Å². The van der Waals surface area contributed by atoms with Gasteiger partial charge in [-0.25, -0.2) is 4.68 Å². The molecule has 1 unspecified atom stereocenters. The summed E-state index contributed by atoms with van der Waals surface area (Å²) >= 11 is 0. The number of hydrogen-bond acceptors (Lipinski definition) is 6. The minimum atomic E-state index is 0.266. The van der Waals surface area contributed by atoms with Crippen LogP contribution in [0.5, 0.6) is 0 Å². The third kappa shape index (κ3) is 4.01. The van der Waals surface area contributed by atoms with Gasteiger partial charge < -0.3 is 15.8 Å². The molecule has 0 saturated carbocycles. The summed E-state index contributed by atoms with van der Waals surface area (Å²) in [5, 5.41) is 14.5.